The first-order chi connectivity index (χ1) is 7.95. The molecule has 5 nitrogen and oxygen atoms in total. The normalized spacial score (nSPS) is 29.6. The van der Waals surface area contributed by atoms with Gasteiger partial charge in [-0.3, -0.25) is 4.79 Å². The predicted octanol–water partition coefficient (Wildman–Crippen LogP) is 0.910. The summed E-state index contributed by atoms with van der Waals surface area (Å²) >= 11 is 0. The Kier molecular flexibility index (Phi) is 4.31. The number of hydrogen-bond acceptors (Lipinski definition) is 4. The SMILES string of the molecule is COC1=CC=CC(C)([C@H](N)CC(=O)O)C1OC. The number of methoxy groups -OCH3 is 2. The third-order valence-electron chi connectivity index (χ3n) is 3.20. The van der Waals surface area contributed by atoms with E-state index in [1.165, 1.54) is 0 Å². The van der Waals surface area contributed by atoms with Gasteiger partial charge in [0.2, 0.25) is 0 Å². The zero-order valence-corrected chi connectivity index (χ0v) is 10.3. The first kappa shape index (κ1) is 13.7. The van der Waals surface area contributed by atoms with Gasteiger partial charge in [-0.15, -0.1) is 0 Å². The molecule has 96 valence electrons. The Morgan fingerprint density at radius 1 is 1.65 bits per heavy atom. The summed E-state index contributed by atoms with van der Waals surface area (Å²) in [6.45, 7) is 1.87. The van der Waals surface area contributed by atoms with Gasteiger partial charge in [0.05, 0.1) is 13.5 Å². The van der Waals surface area contributed by atoms with Crippen molar-refractivity contribution in [1.29, 1.82) is 0 Å². The second-order valence-electron chi connectivity index (χ2n) is 4.32. The van der Waals surface area contributed by atoms with Gasteiger partial charge < -0.3 is 20.3 Å². The minimum atomic E-state index is -0.921. The topological polar surface area (TPSA) is 81.8 Å². The molecule has 1 aliphatic rings. The third-order valence-corrected chi connectivity index (χ3v) is 3.20. The van der Waals surface area contributed by atoms with Crippen molar-refractivity contribution in [3.8, 4) is 0 Å². The number of aliphatic carboxylic acids is 1. The molecule has 0 bridgehead atoms. The summed E-state index contributed by atoms with van der Waals surface area (Å²) in [5.74, 6) is -0.270. The number of carbonyl (C=O) groups is 1. The molecule has 0 fully saturated rings. The molecule has 0 amide bonds. The monoisotopic (exact) mass is 241 g/mol. The van der Waals surface area contributed by atoms with Crippen LogP contribution < -0.4 is 5.73 Å². The maximum absolute atomic E-state index is 10.7. The molecule has 0 aromatic carbocycles. The van der Waals surface area contributed by atoms with Crippen LogP contribution in [0.1, 0.15) is 13.3 Å². The van der Waals surface area contributed by atoms with Crippen LogP contribution in [0.4, 0.5) is 0 Å². The number of rotatable bonds is 5. The quantitative estimate of drug-likeness (QED) is 0.747. The molecule has 1 rings (SSSR count). The molecular formula is C12H19NO4. The fourth-order valence-electron chi connectivity index (χ4n) is 2.10. The summed E-state index contributed by atoms with van der Waals surface area (Å²) in [6.07, 6.45) is 5.00. The van der Waals surface area contributed by atoms with Crippen LogP contribution in [0.3, 0.4) is 0 Å². The molecule has 0 aromatic rings. The zero-order valence-electron chi connectivity index (χ0n) is 10.3. The van der Waals surface area contributed by atoms with Gasteiger partial charge in [-0.1, -0.05) is 19.1 Å². The molecule has 0 aromatic heterocycles. The first-order valence-electron chi connectivity index (χ1n) is 5.39. The van der Waals surface area contributed by atoms with E-state index in [1.54, 1.807) is 20.3 Å². The van der Waals surface area contributed by atoms with Crippen LogP contribution in [-0.4, -0.2) is 37.4 Å². The van der Waals surface area contributed by atoms with Crippen LogP contribution in [0.5, 0.6) is 0 Å². The van der Waals surface area contributed by atoms with Gasteiger partial charge in [0.25, 0.3) is 0 Å². The van der Waals surface area contributed by atoms with Gasteiger partial charge in [0, 0.05) is 18.6 Å². The van der Waals surface area contributed by atoms with Crippen molar-refractivity contribution in [3.05, 3.63) is 24.0 Å². The number of ether oxygens (including phenoxy) is 2. The Bertz CT molecular complexity index is 350. The van der Waals surface area contributed by atoms with E-state index in [0.29, 0.717) is 5.76 Å². The Labute approximate surface area is 101 Å². The number of nitrogens with two attached hydrogens (primary N) is 1. The molecular weight excluding hydrogens is 222 g/mol. The van der Waals surface area contributed by atoms with Crippen molar-refractivity contribution < 1.29 is 19.4 Å². The van der Waals surface area contributed by atoms with Gasteiger partial charge in [-0.25, -0.2) is 0 Å². The highest BCUT2D eigenvalue weighted by Gasteiger charge is 2.42. The Morgan fingerprint density at radius 3 is 2.76 bits per heavy atom. The highest BCUT2D eigenvalue weighted by molar-refractivity contribution is 5.67. The fraction of sp³-hybridized carbons (Fsp3) is 0.583. The van der Waals surface area contributed by atoms with Gasteiger partial charge in [-0.05, 0) is 6.08 Å². The molecule has 0 saturated carbocycles. The average molecular weight is 241 g/mol. The molecule has 1 aliphatic carbocycles. The Morgan fingerprint density at radius 2 is 2.29 bits per heavy atom. The molecule has 0 radical (unpaired) electrons. The molecule has 5 heteroatoms. The standard InChI is InChI=1S/C12H19NO4/c1-12(9(13)7-10(14)15)6-4-5-8(16-2)11(12)17-3/h4-6,9,11H,7,13H2,1-3H3,(H,14,15)/t9-,11?,12?/m1/s1. The molecule has 2 unspecified atom stereocenters. The summed E-state index contributed by atoms with van der Waals surface area (Å²) in [6, 6.07) is -0.542. The van der Waals surface area contributed by atoms with E-state index in [0.717, 1.165) is 0 Å². The molecule has 3 atom stereocenters. The Balaban J connectivity index is 2.97. The number of allylic oxidation sites excluding steroid dienone is 2. The van der Waals surface area contributed by atoms with Gasteiger partial charge in [0.1, 0.15) is 11.9 Å². The molecule has 17 heavy (non-hydrogen) atoms. The van der Waals surface area contributed by atoms with E-state index in [9.17, 15) is 4.79 Å². The summed E-state index contributed by atoms with van der Waals surface area (Å²) in [5, 5.41) is 8.82. The fourth-order valence-corrected chi connectivity index (χ4v) is 2.10. The largest absolute Gasteiger partial charge is 0.498 e. The molecule has 0 saturated heterocycles. The van der Waals surface area contributed by atoms with Crippen molar-refractivity contribution in [2.75, 3.05) is 14.2 Å². The van der Waals surface area contributed by atoms with Crippen LogP contribution >= 0.6 is 0 Å². The molecule has 3 N–H and O–H groups in total. The lowest BCUT2D eigenvalue weighted by Crippen LogP contribution is -2.50. The van der Waals surface area contributed by atoms with E-state index < -0.39 is 17.4 Å². The van der Waals surface area contributed by atoms with Crippen LogP contribution in [0.25, 0.3) is 0 Å². The second-order valence-corrected chi connectivity index (χ2v) is 4.32. The summed E-state index contributed by atoms with van der Waals surface area (Å²) in [5.41, 5.74) is 5.38. The summed E-state index contributed by atoms with van der Waals surface area (Å²) in [4.78, 5) is 10.7. The summed E-state index contributed by atoms with van der Waals surface area (Å²) in [7, 11) is 3.11. The van der Waals surface area contributed by atoms with Crippen LogP contribution in [-0.2, 0) is 14.3 Å². The van der Waals surface area contributed by atoms with Crippen molar-refractivity contribution >= 4 is 5.97 Å². The highest BCUT2D eigenvalue weighted by Crippen LogP contribution is 2.37. The lowest BCUT2D eigenvalue weighted by molar-refractivity contribution is -0.138. The van der Waals surface area contributed by atoms with E-state index in [-0.39, 0.29) is 12.5 Å². The van der Waals surface area contributed by atoms with E-state index in [4.69, 9.17) is 20.3 Å². The zero-order chi connectivity index (χ0) is 13.1. The number of hydrogen-bond donors (Lipinski definition) is 2. The van der Waals surface area contributed by atoms with E-state index in [1.807, 2.05) is 19.1 Å². The minimum Gasteiger partial charge on any atom is -0.498 e. The predicted molar refractivity (Wildman–Crippen MR) is 63.4 cm³/mol. The molecule has 0 spiro atoms. The van der Waals surface area contributed by atoms with Crippen LogP contribution in [0.2, 0.25) is 0 Å². The molecule has 0 heterocycles. The van der Waals surface area contributed by atoms with Crippen molar-refractivity contribution in [1.82, 2.24) is 0 Å². The maximum Gasteiger partial charge on any atom is 0.304 e. The maximum atomic E-state index is 10.7. The first-order valence-corrected chi connectivity index (χ1v) is 5.39. The lowest BCUT2D eigenvalue weighted by Gasteiger charge is -2.40. The van der Waals surface area contributed by atoms with Crippen LogP contribution in [0, 0.1) is 5.41 Å². The minimum absolute atomic E-state index is 0.113. The smallest absolute Gasteiger partial charge is 0.304 e. The van der Waals surface area contributed by atoms with Gasteiger partial charge in [0.15, 0.2) is 0 Å². The van der Waals surface area contributed by atoms with E-state index in [2.05, 4.69) is 0 Å². The van der Waals surface area contributed by atoms with Crippen molar-refractivity contribution in [2.45, 2.75) is 25.5 Å². The third kappa shape index (κ3) is 2.68. The average Bonchev–Trinajstić information content (AvgIpc) is 2.27. The number of carboxylic acid groups (broad SMARTS) is 1. The molecule has 0 aliphatic heterocycles. The summed E-state index contributed by atoms with van der Waals surface area (Å²) < 4.78 is 10.6. The van der Waals surface area contributed by atoms with Gasteiger partial charge in [-0.2, -0.15) is 0 Å². The van der Waals surface area contributed by atoms with Gasteiger partial charge >= 0.3 is 5.97 Å². The van der Waals surface area contributed by atoms with Crippen molar-refractivity contribution in [3.63, 3.8) is 0 Å². The lowest BCUT2D eigenvalue weighted by atomic mass is 9.73. The van der Waals surface area contributed by atoms with Crippen molar-refractivity contribution in [2.24, 2.45) is 11.1 Å². The number of carboxylic acids is 1. The van der Waals surface area contributed by atoms with Crippen LogP contribution in [0.15, 0.2) is 24.0 Å². The second kappa shape index (κ2) is 5.33. The Hall–Kier alpha value is -1.33. The van der Waals surface area contributed by atoms with E-state index >= 15 is 0 Å². The highest BCUT2D eigenvalue weighted by atomic mass is 16.5.